The van der Waals surface area contributed by atoms with Crippen LogP contribution in [0.4, 0.5) is 9.59 Å². The third-order valence-electron chi connectivity index (χ3n) is 4.62. The van der Waals surface area contributed by atoms with Crippen molar-refractivity contribution in [3.8, 4) is 0 Å². The maximum atomic E-state index is 10.9. The molecule has 1 unspecified atom stereocenters. The highest BCUT2D eigenvalue weighted by atomic mass is 16.4. The molecule has 0 aromatic carbocycles. The van der Waals surface area contributed by atoms with Crippen molar-refractivity contribution < 1.29 is 14.7 Å². The van der Waals surface area contributed by atoms with Crippen molar-refractivity contribution in [3.05, 3.63) is 0 Å². The molecule has 0 spiro atoms. The number of piperidine rings is 1. The standard InChI is InChI=1S/C10H19N3O2.C7H10N2O/c14-10(15)13-5-1-2-9(8-13)12-6-3-11-4-7-12;1-7(2,3)5-4-8-6(10)9-5/h9,11H,1-8H2,(H,14,15);4H,1-3H3. The molecule has 3 rings (SSSR count). The quantitative estimate of drug-likeness (QED) is 0.749. The van der Waals surface area contributed by atoms with Crippen LogP contribution in [0, 0.1) is 5.41 Å². The molecule has 0 aromatic heterocycles. The van der Waals surface area contributed by atoms with Crippen LogP contribution < -0.4 is 5.32 Å². The van der Waals surface area contributed by atoms with E-state index in [0.717, 1.165) is 44.7 Å². The van der Waals surface area contributed by atoms with E-state index < -0.39 is 6.09 Å². The molecule has 25 heavy (non-hydrogen) atoms. The van der Waals surface area contributed by atoms with Crippen LogP contribution in [0.25, 0.3) is 0 Å². The summed E-state index contributed by atoms with van der Waals surface area (Å²) in [6.45, 7) is 11.6. The molecule has 8 nitrogen and oxygen atoms in total. The van der Waals surface area contributed by atoms with E-state index in [0.29, 0.717) is 19.1 Å². The number of likely N-dealkylation sites (tertiary alicyclic amines) is 1. The lowest BCUT2D eigenvalue weighted by atomic mass is 9.91. The topological polar surface area (TPSA) is 97.6 Å². The Morgan fingerprint density at radius 2 is 1.96 bits per heavy atom. The van der Waals surface area contributed by atoms with Crippen molar-refractivity contribution in [2.24, 2.45) is 15.4 Å². The minimum absolute atomic E-state index is 0.0599. The van der Waals surface area contributed by atoms with E-state index in [1.54, 1.807) is 4.90 Å². The molecule has 1 atom stereocenters. The van der Waals surface area contributed by atoms with Gasteiger partial charge in [0, 0.05) is 50.7 Å². The number of nitrogens with one attached hydrogen (secondary N) is 1. The number of urea groups is 1. The predicted molar refractivity (Wildman–Crippen MR) is 97.8 cm³/mol. The summed E-state index contributed by atoms with van der Waals surface area (Å²) in [5, 5.41) is 12.3. The van der Waals surface area contributed by atoms with Crippen LogP contribution in [0.15, 0.2) is 9.98 Å². The third kappa shape index (κ3) is 5.89. The smallest absolute Gasteiger partial charge is 0.407 e. The number of nitrogens with zero attached hydrogens (tertiary/aromatic N) is 4. The molecule has 0 aliphatic carbocycles. The summed E-state index contributed by atoms with van der Waals surface area (Å²) in [4.78, 5) is 32.6. The Morgan fingerprint density at radius 1 is 1.28 bits per heavy atom. The summed E-state index contributed by atoms with van der Waals surface area (Å²) in [7, 11) is 0. The summed E-state index contributed by atoms with van der Waals surface area (Å²) in [5.41, 5.74) is 0.702. The zero-order chi connectivity index (χ0) is 18.4. The summed E-state index contributed by atoms with van der Waals surface area (Å²) >= 11 is 0. The number of aliphatic imine (C=N–C) groups is 2. The molecule has 2 fully saturated rings. The van der Waals surface area contributed by atoms with Crippen molar-refractivity contribution in [2.45, 2.75) is 39.7 Å². The van der Waals surface area contributed by atoms with Crippen LogP contribution in [0.3, 0.4) is 0 Å². The first-order valence-corrected chi connectivity index (χ1v) is 8.87. The van der Waals surface area contributed by atoms with Crippen LogP contribution in [0.1, 0.15) is 33.6 Å². The SMILES string of the molecule is CC(C)(C)C1=NC(=O)N=C1.O=C(O)N1CCCC(N2CCNCC2)C1. The van der Waals surface area contributed by atoms with E-state index in [2.05, 4.69) is 20.2 Å². The van der Waals surface area contributed by atoms with E-state index in [-0.39, 0.29) is 11.4 Å². The van der Waals surface area contributed by atoms with Gasteiger partial charge in [-0.1, -0.05) is 20.8 Å². The van der Waals surface area contributed by atoms with Gasteiger partial charge in [0.1, 0.15) is 0 Å². The molecule has 3 amide bonds. The van der Waals surface area contributed by atoms with E-state index in [9.17, 15) is 9.59 Å². The summed E-state index contributed by atoms with van der Waals surface area (Å²) in [6, 6.07) is 0.0573. The van der Waals surface area contributed by atoms with Crippen molar-refractivity contribution in [1.82, 2.24) is 15.1 Å². The van der Waals surface area contributed by atoms with Gasteiger partial charge in [-0.3, -0.25) is 4.90 Å². The average Bonchev–Trinajstić information content (AvgIpc) is 3.03. The third-order valence-corrected chi connectivity index (χ3v) is 4.62. The van der Waals surface area contributed by atoms with Crippen molar-refractivity contribution in [2.75, 3.05) is 39.3 Å². The largest absolute Gasteiger partial charge is 0.465 e. The van der Waals surface area contributed by atoms with E-state index in [1.807, 2.05) is 20.8 Å². The Kier molecular flexibility index (Phi) is 6.66. The second-order valence-corrected chi connectivity index (χ2v) is 7.60. The highest BCUT2D eigenvalue weighted by molar-refractivity contribution is 6.39. The number of piperazine rings is 1. The Labute approximate surface area is 149 Å². The number of carbonyl (C=O) groups is 2. The van der Waals surface area contributed by atoms with Crippen molar-refractivity contribution >= 4 is 24.1 Å². The van der Waals surface area contributed by atoms with Gasteiger partial charge in [0.05, 0.1) is 11.9 Å². The van der Waals surface area contributed by atoms with Crippen molar-refractivity contribution in [3.63, 3.8) is 0 Å². The predicted octanol–water partition coefficient (Wildman–Crippen LogP) is 1.71. The number of amides is 3. The molecule has 8 heteroatoms. The fourth-order valence-corrected chi connectivity index (χ4v) is 3.11. The van der Waals surface area contributed by atoms with Crippen LogP contribution in [-0.4, -0.2) is 84.3 Å². The van der Waals surface area contributed by atoms with Gasteiger partial charge in [0.15, 0.2) is 0 Å². The van der Waals surface area contributed by atoms with Gasteiger partial charge in [-0.05, 0) is 12.8 Å². The van der Waals surface area contributed by atoms with Gasteiger partial charge in [0.2, 0.25) is 0 Å². The van der Waals surface area contributed by atoms with Crippen LogP contribution in [0.2, 0.25) is 0 Å². The number of carbonyl (C=O) groups excluding carboxylic acids is 1. The van der Waals surface area contributed by atoms with Gasteiger partial charge in [-0.2, -0.15) is 9.98 Å². The van der Waals surface area contributed by atoms with Crippen LogP contribution in [-0.2, 0) is 0 Å². The first-order chi connectivity index (χ1) is 11.8. The van der Waals surface area contributed by atoms with Crippen LogP contribution >= 0.6 is 0 Å². The molecule has 0 radical (unpaired) electrons. The minimum Gasteiger partial charge on any atom is -0.465 e. The Bertz CT molecular complexity index is 547. The van der Waals surface area contributed by atoms with Gasteiger partial charge in [-0.25, -0.2) is 9.59 Å². The fraction of sp³-hybridized carbons (Fsp3) is 0.765. The second-order valence-electron chi connectivity index (χ2n) is 7.60. The highest BCUT2D eigenvalue weighted by Gasteiger charge is 2.28. The molecule has 3 aliphatic rings. The maximum Gasteiger partial charge on any atom is 0.407 e. The molecule has 0 aromatic rings. The van der Waals surface area contributed by atoms with Gasteiger partial charge >= 0.3 is 12.1 Å². The second kappa shape index (κ2) is 8.53. The molecule has 3 aliphatic heterocycles. The number of hydrogen-bond acceptors (Lipinski definition) is 4. The molecule has 0 saturated carbocycles. The first-order valence-electron chi connectivity index (χ1n) is 8.87. The number of rotatable bonds is 1. The van der Waals surface area contributed by atoms with E-state index in [4.69, 9.17) is 5.11 Å². The Balaban J connectivity index is 0.000000196. The normalized spacial score (nSPS) is 24.6. The minimum atomic E-state index is -0.769. The summed E-state index contributed by atoms with van der Waals surface area (Å²) < 4.78 is 0. The lowest BCUT2D eigenvalue weighted by molar-refractivity contribution is 0.0797. The molecule has 140 valence electrons. The molecule has 2 saturated heterocycles. The Morgan fingerprint density at radius 3 is 2.44 bits per heavy atom. The summed E-state index contributed by atoms with van der Waals surface area (Å²) in [6.07, 6.45) is 2.90. The Hall–Kier alpha value is -1.80. The zero-order valence-corrected chi connectivity index (χ0v) is 15.4. The first kappa shape index (κ1) is 19.5. The van der Waals surface area contributed by atoms with Crippen LogP contribution in [0.5, 0.6) is 0 Å². The van der Waals surface area contributed by atoms with Gasteiger partial charge in [0.25, 0.3) is 0 Å². The molecule has 3 heterocycles. The number of carboxylic acid groups (broad SMARTS) is 1. The van der Waals surface area contributed by atoms with E-state index in [1.165, 1.54) is 6.21 Å². The average molecular weight is 351 g/mol. The highest BCUT2D eigenvalue weighted by Crippen LogP contribution is 2.17. The molecule has 2 N–H and O–H groups in total. The number of hydrogen-bond donors (Lipinski definition) is 2. The van der Waals surface area contributed by atoms with Gasteiger partial charge in [-0.15, -0.1) is 0 Å². The van der Waals surface area contributed by atoms with Gasteiger partial charge < -0.3 is 15.3 Å². The maximum absolute atomic E-state index is 10.9. The lowest BCUT2D eigenvalue weighted by Crippen LogP contribution is -2.54. The van der Waals surface area contributed by atoms with E-state index >= 15 is 0 Å². The zero-order valence-electron chi connectivity index (χ0n) is 15.4. The summed E-state index contributed by atoms with van der Waals surface area (Å²) in [5.74, 6) is 0. The van der Waals surface area contributed by atoms with Crippen molar-refractivity contribution in [1.29, 1.82) is 0 Å². The molecular weight excluding hydrogens is 322 g/mol. The fourth-order valence-electron chi connectivity index (χ4n) is 3.11. The monoisotopic (exact) mass is 351 g/mol. The molecular formula is C17H29N5O3. The molecule has 0 bridgehead atoms. The lowest BCUT2D eigenvalue weighted by Gasteiger charge is -2.40.